The van der Waals surface area contributed by atoms with Crippen LogP contribution in [0.15, 0.2) is 0 Å². The normalized spacial score (nSPS) is 37.6. The van der Waals surface area contributed by atoms with Gasteiger partial charge in [0, 0.05) is 6.42 Å². The number of carbonyl (C=O) groups excluding carboxylic acids is 1. The number of carboxylic acid groups (broad SMARTS) is 1. The minimum absolute atomic E-state index is 0.168. The van der Waals surface area contributed by atoms with Crippen LogP contribution in [0.4, 0.5) is 4.79 Å². The molecule has 88 valence electrons. The highest BCUT2D eigenvalue weighted by molar-refractivity contribution is 7.74. The summed E-state index contributed by atoms with van der Waals surface area (Å²) < 4.78 is 16.3. The molecule has 0 N–H and O–H groups in total. The van der Waals surface area contributed by atoms with E-state index in [0.717, 1.165) is 0 Å². The molecule has 1 amide bonds. The van der Waals surface area contributed by atoms with Gasteiger partial charge in [-0.15, -0.1) is 0 Å². The number of nitrogens with zero attached hydrogens (tertiary/aromatic N) is 1. The molecule has 0 aliphatic carbocycles. The average molecular weight is 235 g/mol. The fourth-order valence-corrected chi connectivity index (χ4v) is 3.03. The maximum Gasteiger partial charge on any atom is 0.368 e. The zero-order chi connectivity index (χ0) is 11.9. The quantitative estimate of drug-likeness (QED) is 0.568. The van der Waals surface area contributed by atoms with Crippen molar-refractivity contribution in [2.24, 2.45) is 0 Å². The van der Waals surface area contributed by atoms with Crippen molar-refractivity contribution in [2.45, 2.75) is 45.8 Å². The molecule has 0 aromatic carbocycles. The van der Waals surface area contributed by atoms with E-state index < -0.39 is 26.8 Å². The Morgan fingerprint density at radius 3 is 2.40 bits per heavy atom. The van der Waals surface area contributed by atoms with Crippen LogP contribution in [0.2, 0.25) is 0 Å². The number of hydrogen-bond donors (Lipinski definition) is 0. The van der Waals surface area contributed by atoms with Crippen LogP contribution in [0, 0.1) is 0 Å². The number of hydrogen-bond acceptors (Lipinski definition) is 4. The van der Waals surface area contributed by atoms with E-state index in [0.29, 0.717) is 6.42 Å². The van der Waals surface area contributed by atoms with Gasteiger partial charge in [0.2, 0.25) is 0 Å². The molecular formula is C9H17NO4S. The number of quaternary nitrogens is 1. The Kier molecular flexibility index (Phi) is 3.23. The summed E-state index contributed by atoms with van der Waals surface area (Å²) in [6.07, 6.45) is -0.941. The summed E-state index contributed by atoms with van der Waals surface area (Å²) in [4.78, 5) is 11.2. The molecule has 0 saturated carbocycles. The predicted molar refractivity (Wildman–Crippen MR) is 53.6 cm³/mol. The van der Waals surface area contributed by atoms with E-state index in [1.807, 2.05) is 0 Å². The second kappa shape index (κ2) is 3.84. The minimum Gasteiger partial charge on any atom is -0.497 e. The van der Waals surface area contributed by atoms with E-state index in [-0.39, 0.29) is 12.6 Å². The summed E-state index contributed by atoms with van der Waals surface area (Å²) in [7, 11) is 0. The van der Waals surface area contributed by atoms with Crippen LogP contribution < -0.4 is 5.11 Å². The molecule has 1 fully saturated rings. The molecule has 15 heavy (non-hydrogen) atoms. The Morgan fingerprint density at radius 2 is 2.07 bits per heavy atom. The molecule has 1 aliphatic rings. The third-order valence-corrected chi connectivity index (χ3v) is 4.61. The number of rotatable bonds is 0. The molecule has 0 aromatic heterocycles. The second-order valence-electron chi connectivity index (χ2n) is 4.81. The van der Waals surface area contributed by atoms with Gasteiger partial charge in [-0.3, -0.25) is 0 Å². The first-order valence-electron chi connectivity index (χ1n) is 4.91. The van der Waals surface area contributed by atoms with Crippen molar-refractivity contribution in [3.8, 4) is 0 Å². The van der Waals surface area contributed by atoms with Crippen LogP contribution >= 0.6 is 0 Å². The van der Waals surface area contributed by atoms with Crippen molar-refractivity contribution in [1.29, 1.82) is 0 Å². The highest BCUT2D eigenvalue weighted by Gasteiger charge is 2.52. The number of carbonyl (C=O) groups is 1. The summed E-state index contributed by atoms with van der Waals surface area (Å²) in [5.74, 6) is 0. The largest absolute Gasteiger partial charge is 0.497 e. The van der Waals surface area contributed by atoms with Gasteiger partial charge in [0.1, 0.15) is 12.1 Å². The van der Waals surface area contributed by atoms with Crippen LogP contribution in [0.5, 0.6) is 0 Å². The average Bonchev–Trinajstić information content (AvgIpc) is 2.00. The lowest BCUT2D eigenvalue weighted by Crippen LogP contribution is -2.70. The fourth-order valence-electron chi connectivity index (χ4n) is 1.69. The van der Waals surface area contributed by atoms with Gasteiger partial charge in [0.15, 0.2) is 0 Å². The molecule has 1 heterocycles. The molecular weight excluding hydrogens is 218 g/mol. The first-order valence-corrected chi connectivity index (χ1v) is 5.94. The molecule has 1 saturated heterocycles. The molecule has 1 aliphatic heterocycles. The highest BCUT2D eigenvalue weighted by atomic mass is 32.2. The van der Waals surface area contributed by atoms with Crippen molar-refractivity contribution in [3.05, 3.63) is 0 Å². The van der Waals surface area contributed by atoms with Crippen molar-refractivity contribution >= 4 is 17.4 Å². The molecule has 2 unspecified atom stereocenters. The van der Waals surface area contributed by atoms with Gasteiger partial charge in [0.25, 0.3) is 6.09 Å². The van der Waals surface area contributed by atoms with Crippen LogP contribution in [0.1, 0.15) is 34.1 Å². The monoisotopic (exact) mass is 235 g/mol. The van der Waals surface area contributed by atoms with Gasteiger partial charge in [-0.2, -0.15) is 8.10 Å². The van der Waals surface area contributed by atoms with Crippen molar-refractivity contribution in [1.82, 2.24) is 0 Å². The van der Waals surface area contributed by atoms with Crippen LogP contribution in [0.25, 0.3) is 0 Å². The van der Waals surface area contributed by atoms with Gasteiger partial charge in [-0.1, -0.05) is 0 Å². The molecule has 0 spiro atoms. The molecule has 0 radical (unpaired) electrons. The summed E-state index contributed by atoms with van der Waals surface area (Å²) in [5.41, 5.74) is -0.705. The summed E-state index contributed by atoms with van der Waals surface area (Å²) >= 11 is -1.89. The zero-order valence-corrected chi connectivity index (χ0v) is 10.3. The lowest BCUT2D eigenvalue weighted by atomic mass is 10.1. The van der Waals surface area contributed by atoms with Crippen molar-refractivity contribution < 1.29 is 22.2 Å². The minimum atomic E-state index is -1.89. The van der Waals surface area contributed by atoms with Gasteiger partial charge >= 0.3 is 11.3 Å². The van der Waals surface area contributed by atoms with Crippen molar-refractivity contribution in [2.75, 3.05) is 6.54 Å². The van der Waals surface area contributed by atoms with Gasteiger partial charge in [0.05, 0.1) is 6.10 Å². The Bertz CT molecular complexity index is 299. The van der Waals surface area contributed by atoms with Crippen LogP contribution in [-0.2, 0) is 15.4 Å². The van der Waals surface area contributed by atoms with Crippen LogP contribution in [-0.4, -0.2) is 32.4 Å². The summed E-state index contributed by atoms with van der Waals surface area (Å²) in [5, 5.41) is 11.2. The molecule has 1 rings (SSSR count). The number of amides is 1. The maximum atomic E-state index is 11.9. The Balaban J connectivity index is 3.13. The van der Waals surface area contributed by atoms with Crippen LogP contribution in [0.3, 0.4) is 0 Å². The van der Waals surface area contributed by atoms with E-state index in [4.69, 9.17) is 4.18 Å². The van der Waals surface area contributed by atoms with E-state index >= 15 is 0 Å². The summed E-state index contributed by atoms with van der Waals surface area (Å²) in [6.45, 7) is 7.23. The van der Waals surface area contributed by atoms with E-state index in [1.165, 1.54) is 0 Å². The fraction of sp³-hybridized carbons (Fsp3) is 0.889. The molecule has 3 atom stereocenters. The third-order valence-electron chi connectivity index (χ3n) is 2.73. The first kappa shape index (κ1) is 12.6. The molecule has 5 nitrogen and oxygen atoms in total. The Morgan fingerprint density at radius 1 is 1.53 bits per heavy atom. The first-order chi connectivity index (χ1) is 6.72. The molecule has 6 heteroatoms. The summed E-state index contributed by atoms with van der Waals surface area (Å²) in [6, 6.07) is 0. The van der Waals surface area contributed by atoms with Crippen molar-refractivity contribution in [3.63, 3.8) is 0 Å². The second-order valence-corrected chi connectivity index (χ2v) is 6.06. The maximum absolute atomic E-state index is 11.9. The van der Waals surface area contributed by atoms with Gasteiger partial charge in [-0.05, 0) is 27.7 Å². The molecule has 0 bridgehead atoms. The van der Waals surface area contributed by atoms with E-state index in [1.54, 1.807) is 27.7 Å². The molecule has 0 aromatic rings. The Labute approximate surface area is 92.4 Å². The van der Waals surface area contributed by atoms with Gasteiger partial charge < -0.3 is 9.90 Å². The third kappa shape index (κ3) is 1.93. The SMILES string of the molecule is C[C@@H]1CC[N+](C(=O)[O-])(C(C)(C)C)S(=O)O1. The lowest BCUT2D eigenvalue weighted by Gasteiger charge is -2.46. The van der Waals surface area contributed by atoms with Gasteiger partial charge in [-0.25, -0.2) is 4.18 Å². The zero-order valence-electron chi connectivity index (χ0n) is 9.48. The standard InChI is InChI=1S/C9H17NO4S/c1-7-5-6-10(8(11)12,9(2,3)4)15(13)14-7/h7H,5-6H2,1-4H3/t7-,10?,15?/m1/s1. The Hall–Kier alpha value is -0.460. The van der Waals surface area contributed by atoms with E-state index in [9.17, 15) is 14.1 Å². The highest BCUT2D eigenvalue weighted by Crippen LogP contribution is 2.33. The smallest absolute Gasteiger partial charge is 0.368 e. The topological polar surface area (TPSA) is 66.4 Å². The van der Waals surface area contributed by atoms with E-state index in [2.05, 4.69) is 0 Å². The lowest BCUT2D eigenvalue weighted by molar-refractivity contribution is -0.811. The predicted octanol–water partition coefficient (Wildman–Crippen LogP) is 0.332.